The monoisotopic (exact) mass is 224 g/mol. The number of halogens is 1. The first-order valence-corrected chi connectivity index (χ1v) is 5.25. The molecule has 1 spiro atoms. The number of hydrogen-bond acceptors (Lipinski definition) is 5. The molecule has 16 heavy (non-hydrogen) atoms. The first-order valence-electron chi connectivity index (χ1n) is 5.25. The van der Waals surface area contributed by atoms with Crippen molar-refractivity contribution in [2.45, 2.75) is 0 Å². The zero-order valence-corrected chi connectivity index (χ0v) is 9.03. The number of nitrogens with zero attached hydrogens (tertiary/aromatic N) is 3. The lowest BCUT2D eigenvalue weighted by atomic mass is 9.78. The highest BCUT2D eigenvalue weighted by molar-refractivity contribution is 5.44. The van der Waals surface area contributed by atoms with Crippen molar-refractivity contribution >= 4 is 11.8 Å². The van der Waals surface area contributed by atoms with Crippen LogP contribution in [0.1, 0.15) is 0 Å². The molecule has 1 N–H and O–H groups in total. The van der Waals surface area contributed by atoms with Crippen LogP contribution < -0.4 is 10.2 Å². The summed E-state index contributed by atoms with van der Waals surface area (Å²) in [6.07, 6.45) is 1.20. The molecule has 3 heterocycles. The molecular weight excluding hydrogens is 211 g/mol. The van der Waals surface area contributed by atoms with E-state index in [2.05, 4.69) is 15.3 Å². The molecular formula is C10H13FN4O. The Balaban J connectivity index is 1.75. The molecule has 5 nitrogen and oxygen atoms in total. The molecule has 0 saturated carbocycles. The van der Waals surface area contributed by atoms with Gasteiger partial charge in [-0.25, -0.2) is 9.37 Å². The van der Waals surface area contributed by atoms with Gasteiger partial charge in [0.15, 0.2) is 11.6 Å². The van der Waals surface area contributed by atoms with Crippen LogP contribution in [0.5, 0.6) is 0 Å². The van der Waals surface area contributed by atoms with Crippen molar-refractivity contribution in [1.82, 2.24) is 9.97 Å². The lowest BCUT2D eigenvalue weighted by Crippen LogP contribution is -2.66. The maximum atomic E-state index is 13.2. The van der Waals surface area contributed by atoms with Crippen LogP contribution in [-0.2, 0) is 4.74 Å². The Hall–Kier alpha value is -1.43. The molecule has 0 unspecified atom stereocenters. The lowest BCUT2D eigenvalue weighted by Gasteiger charge is -2.54. The third-order valence-corrected chi connectivity index (χ3v) is 3.12. The molecule has 0 aromatic carbocycles. The second kappa shape index (κ2) is 3.28. The molecule has 0 aliphatic carbocycles. The van der Waals surface area contributed by atoms with Gasteiger partial charge >= 0.3 is 0 Å². The Bertz CT molecular complexity index is 413. The Morgan fingerprint density at radius 2 is 2.25 bits per heavy atom. The van der Waals surface area contributed by atoms with E-state index in [4.69, 9.17) is 4.74 Å². The number of aromatic nitrogens is 2. The highest BCUT2D eigenvalue weighted by Gasteiger charge is 2.49. The topological polar surface area (TPSA) is 50.3 Å². The highest BCUT2D eigenvalue weighted by atomic mass is 19.1. The van der Waals surface area contributed by atoms with Gasteiger partial charge in [0.2, 0.25) is 5.95 Å². The minimum Gasteiger partial charge on any atom is -0.380 e. The number of hydrogen-bond donors (Lipinski definition) is 1. The molecule has 2 aliphatic heterocycles. The Morgan fingerprint density at radius 1 is 1.50 bits per heavy atom. The van der Waals surface area contributed by atoms with E-state index in [-0.39, 0.29) is 5.82 Å². The molecule has 6 heteroatoms. The van der Waals surface area contributed by atoms with Crippen molar-refractivity contribution in [1.29, 1.82) is 0 Å². The van der Waals surface area contributed by atoms with E-state index in [9.17, 15) is 4.39 Å². The largest absolute Gasteiger partial charge is 0.380 e. The first kappa shape index (κ1) is 9.77. The second-order valence-corrected chi connectivity index (χ2v) is 4.47. The number of anilines is 2. The predicted octanol–water partition coefficient (Wildman–Crippen LogP) is 0.494. The molecule has 2 fully saturated rings. The fourth-order valence-electron chi connectivity index (χ4n) is 2.16. The third-order valence-electron chi connectivity index (χ3n) is 3.12. The molecule has 0 atom stereocenters. The summed E-state index contributed by atoms with van der Waals surface area (Å²) in [6.45, 7) is 3.46. The average molecular weight is 224 g/mol. The van der Waals surface area contributed by atoms with Gasteiger partial charge < -0.3 is 15.0 Å². The maximum Gasteiger partial charge on any atom is 0.227 e. The van der Waals surface area contributed by atoms with Crippen LogP contribution in [0, 0.1) is 11.2 Å². The van der Waals surface area contributed by atoms with E-state index < -0.39 is 5.82 Å². The summed E-state index contributed by atoms with van der Waals surface area (Å²) in [5, 5.41) is 2.71. The summed E-state index contributed by atoms with van der Waals surface area (Å²) in [7, 11) is 1.65. The summed E-state index contributed by atoms with van der Waals surface area (Å²) in [5.41, 5.74) is 0.317. The van der Waals surface area contributed by atoms with Gasteiger partial charge in [-0.1, -0.05) is 0 Å². The smallest absolute Gasteiger partial charge is 0.227 e. The number of ether oxygens (including phenoxy) is 1. The zero-order chi connectivity index (χ0) is 11.2. The van der Waals surface area contributed by atoms with Crippen molar-refractivity contribution < 1.29 is 9.13 Å². The van der Waals surface area contributed by atoms with E-state index in [1.165, 1.54) is 6.20 Å². The molecule has 3 rings (SSSR count). The Labute approximate surface area is 92.6 Å². The quantitative estimate of drug-likeness (QED) is 0.792. The summed E-state index contributed by atoms with van der Waals surface area (Å²) in [5.74, 6) is 0.410. The molecule has 86 valence electrons. The van der Waals surface area contributed by atoms with Gasteiger partial charge in [-0.3, -0.25) is 0 Å². The van der Waals surface area contributed by atoms with E-state index >= 15 is 0 Å². The summed E-state index contributed by atoms with van der Waals surface area (Å²) < 4.78 is 18.3. The predicted molar refractivity (Wildman–Crippen MR) is 57.0 cm³/mol. The minimum atomic E-state index is -0.423. The summed E-state index contributed by atoms with van der Waals surface area (Å²) in [4.78, 5) is 10.2. The minimum absolute atomic E-state index is 0.246. The van der Waals surface area contributed by atoms with Gasteiger partial charge in [-0.15, -0.1) is 0 Å². The molecule has 0 bridgehead atoms. The van der Waals surface area contributed by atoms with E-state index in [1.807, 2.05) is 4.90 Å². The fourth-order valence-corrected chi connectivity index (χ4v) is 2.16. The fraction of sp³-hybridized carbons (Fsp3) is 0.600. The molecule has 0 radical (unpaired) electrons. The Kier molecular flexibility index (Phi) is 2.00. The SMILES string of the molecule is CNc1nc(N2CC3(COC3)C2)ncc1F. The van der Waals surface area contributed by atoms with Gasteiger partial charge in [0.05, 0.1) is 24.8 Å². The van der Waals surface area contributed by atoms with Crippen LogP contribution in [0.4, 0.5) is 16.2 Å². The van der Waals surface area contributed by atoms with Crippen molar-refractivity contribution in [3.63, 3.8) is 0 Å². The van der Waals surface area contributed by atoms with E-state index in [0.29, 0.717) is 11.4 Å². The van der Waals surface area contributed by atoms with Crippen molar-refractivity contribution in [3.8, 4) is 0 Å². The van der Waals surface area contributed by atoms with Crippen LogP contribution in [-0.4, -0.2) is 43.3 Å². The molecule has 2 saturated heterocycles. The Morgan fingerprint density at radius 3 is 2.81 bits per heavy atom. The highest BCUT2D eigenvalue weighted by Crippen LogP contribution is 2.39. The average Bonchev–Trinajstić information content (AvgIpc) is 2.16. The normalized spacial score (nSPS) is 21.5. The van der Waals surface area contributed by atoms with Gasteiger partial charge in [-0.05, 0) is 0 Å². The van der Waals surface area contributed by atoms with Crippen LogP contribution in [0.3, 0.4) is 0 Å². The third kappa shape index (κ3) is 1.33. The standard InChI is InChI=1S/C10H13FN4O/c1-12-8-7(11)2-13-9(14-8)15-3-10(4-15)5-16-6-10/h2H,3-6H2,1H3,(H,12,13,14). The lowest BCUT2D eigenvalue weighted by molar-refractivity contribution is -0.127. The zero-order valence-electron chi connectivity index (χ0n) is 9.03. The van der Waals surface area contributed by atoms with Crippen molar-refractivity contribution in [3.05, 3.63) is 12.0 Å². The van der Waals surface area contributed by atoms with Gasteiger partial charge in [-0.2, -0.15) is 4.98 Å². The molecule has 0 amide bonds. The van der Waals surface area contributed by atoms with Gasteiger partial charge in [0, 0.05) is 20.1 Å². The van der Waals surface area contributed by atoms with Crippen LogP contribution in [0.15, 0.2) is 6.20 Å². The van der Waals surface area contributed by atoms with Gasteiger partial charge in [0.1, 0.15) is 0 Å². The molecule has 1 aromatic rings. The number of rotatable bonds is 2. The van der Waals surface area contributed by atoms with Crippen molar-refractivity contribution in [2.24, 2.45) is 5.41 Å². The van der Waals surface area contributed by atoms with Crippen LogP contribution in [0.25, 0.3) is 0 Å². The maximum absolute atomic E-state index is 13.2. The molecule has 1 aromatic heterocycles. The van der Waals surface area contributed by atoms with E-state index in [0.717, 1.165) is 26.3 Å². The van der Waals surface area contributed by atoms with Crippen molar-refractivity contribution in [2.75, 3.05) is 43.6 Å². The first-order chi connectivity index (χ1) is 7.72. The summed E-state index contributed by atoms with van der Waals surface area (Å²) >= 11 is 0. The van der Waals surface area contributed by atoms with E-state index in [1.54, 1.807) is 7.05 Å². The van der Waals surface area contributed by atoms with Crippen LogP contribution in [0.2, 0.25) is 0 Å². The summed E-state index contributed by atoms with van der Waals surface area (Å²) in [6, 6.07) is 0. The second-order valence-electron chi connectivity index (χ2n) is 4.47. The molecule has 2 aliphatic rings. The number of nitrogens with one attached hydrogen (secondary N) is 1. The van der Waals surface area contributed by atoms with Crippen LogP contribution >= 0.6 is 0 Å². The van der Waals surface area contributed by atoms with Gasteiger partial charge in [0.25, 0.3) is 0 Å².